The fourth-order valence-corrected chi connectivity index (χ4v) is 3.99. The smallest absolute Gasteiger partial charge is 0.338 e. The van der Waals surface area contributed by atoms with E-state index < -0.39 is 0 Å². The first kappa shape index (κ1) is 20.9. The van der Waals surface area contributed by atoms with Gasteiger partial charge in [0.1, 0.15) is 0 Å². The summed E-state index contributed by atoms with van der Waals surface area (Å²) in [7, 11) is 0. The van der Waals surface area contributed by atoms with Crippen LogP contribution in [0.25, 0.3) is 11.0 Å². The highest BCUT2D eigenvalue weighted by atomic mass is 32.2. The Bertz CT molecular complexity index is 1040. The van der Waals surface area contributed by atoms with Gasteiger partial charge in [-0.25, -0.2) is 9.78 Å². The van der Waals surface area contributed by atoms with E-state index in [0.29, 0.717) is 24.2 Å². The van der Waals surface area contributed by atoms with Gasteiger partial charge in [0.2, 0.25) is 5.91 Å². The predicted octanol–water partition coefficient (Wildman–Crippen LogP) is 4.66. The molecule has 0 bridgehead atoms. The summed E-state index contributed by atoms with van der Waals surface area (Å²) in [5.74, 6) is -0.438. The number of esters is 1. The third-order valence-electron chi connectivity index (χ3n) is 4.59. The Labute approximate surface area is 174 Å². The first-order valence-corrected chi connectivity index (χ1v) is 10.5. The van der Waals surface area contributed by atoms with Gasteiger partial charge in [0.15, 0.2) is 5.16 Å². The van der Waals surface area contributed by atoms with Gasteiger partial charge in [-0.3, -0.25) is 4.79 Å². The fourth-order valence-electron chi connectivity index (χ4n) is 3.00. The maximum absolute atomic E-state index is 12.7. The lowest BCUT2D eigenvalue weighted by Crippen LogP contribution is -2.23. The molecule has 0 aliphatic carbocycles. The highest BCUT2D eigenvalue weighted by Gasteiger charge is 2.20. The molecule has 3 aromatic rings. The largest absolute Gasteiger partial charge is 0.462 e. The normalized spacial score (nSPS) is 12.0. The number of anilines is 1. The van der Waals surface area contributed by atoms with Crippen molar-refractivity contribution in [3.05, 3.63) is 53.6 Å². The standard InChI is InChI=1S/C22H25N3O3S/c1-5-25-19-12-11-16(21(27)28-6-2)13-18(19)24-22(25)29-15(4)20(26)23-17-10-8-7-9-14(17)3/h7-13,15H,5-6H2,1-4H3,(H,23,26). The zero-order chi connectivity index (χ0) is 21.0. The summed E-state index contributed by atoms with van der Waals surface area (Å²) in [5.41, 5.74) is 3.95. The average molecular weight is 412 g/mol. The fraction of sp³-hybridized carbons (Fsp3) is 0.318. The molecule has 1 amide bonds. The number of nitrogens with one attached hydrogen (secondary N) is 1. The van der Waals surface area contributed by atoms with E-state index in [0.717, 1.165) is 21.9 Å². The average Bonchev–Trinajstić information content (AvgIpc) is 3.05. The molecular weight excluding hydrogens is 386 g/mol. The molecule has 0 spiro atoms. The van der Waals surface area contributed by atoms with Gasteiger partial charge in [-0.2, -0.15) is 0 Å². The molecule has 0 saturated carbocycles. The van der Waals surface area contributed by atoms with Gasteiger partial charge in [0.05, 0.1) is 28.5 Å². The van der Waals surface area contributed by atoms with Crippen LogP contribution in [-0.4, -0.2) is 33.3 Å². The lowest BCUT2D eigenvalue weighted by atomic mass is 10.2. The van der Waals surface area contributed by atoms with Crippen molar-refractivity contribution in [2.45, 2.75) is 44.6 Å². The molecular formula is C22H25N3O3S. The van der Waals surface area contributed by atoms with Crippen LogP contribution in [0.2, 0.25) is 0 Å². The number of ether oxygens (including phenoxy) is 1. The van der Waals surface area contributed by atoms with Crippen LogP contribution in [-0.2, 0) is 16.1 Å². The molecule has 0 aliphatic heterocycles. The number of aryl methyl sites for hydroxylation is 2. The molecule has 1 heterocycles. The highest BCUT2D eigenvalue weighted by molar-refractivity contribution is 8.00. The molecule has 0 radical (unpaired) electrons. The minimum absolute atomic E-state index is 0.0776. The van der Waals surface area contributed by atoms with Crippen molar-refractivity contribution in [3.8, 4) is 0 Å². The number of nitrogens with zero attached hydrogens (tertiary/aromatic N) is 2. The zero-order valence-corrected chi connectivity index (χ0v) is 17.9. The Balaban J connectivity index is 1.82. The SMILES string of the molecule is CCOC(=O)c1ccc2c(c1)nc(SC(C)C(=O)Nc1ccccc1C)n2CC. The number of carbonyl (C=O) groups excluding carboxylic acids is 2. The first-order valence-electron chi connectivity index (χ1n) is 9.65. The lowest BCUT2D eigenvalue weighted by Gasteiger charge is -2.14. The maximum atomic E-state index is 12.7. The first-order chi connectivity index (χ1) is 13.9. The van der Waals surface area contributed by atoms with Crippen molar-refractivity contribution in [1.29, 1.82) is 0 Å². The molecule has 1 aromatic heterocycles. The van der Waals surface area contributed by atoms with Crippen molar-refractivity contribution in [1.82, 2.24) is 9.55 Å². The Hall–Kier alpha value is -2.80. The van der Waals surface area contributed by atoms with E-state index in [4.69, 9.17) is 4.74 Å². The van der Waals surface area contributed by atoms with Crippen molar-refractivity contribution >= 4 is 40.4 Å². The highest BCUT2D eigenvalue weighted by Crippen LogP contribution is 2.29. The minimum atomic E-state index is -0.361. The number of para-hydroxylation sites is 1. The maximum Gasteiger partial charge on any atom is 0.338 e. The molecule has 152 valence electrons. The molecule has 2 aromatic carbocycles. The van der Waals surface area contributed by atoms with Gasteiger partial charge in [0, 0.05) is 12.2 Å². The van der Waals surface area contributed by atoms with E-state index in [1.807, 2.05) is 55.7 Å². The summed E-state index contributed by atoms with van der Waals surface area (Å²) in [5, 5.41) is 3.40. The number of aromatic nitrogens is 2. The van der Waals surface area contributed by atoms with Gasteiger partial charge >= 0.3 is 5.97 Å². The van der Waals surface area contributed by atoms with Crippen molar-refractivity contribution in [3.63, 3.8) is 0 Å². The van der Waals surface area contributed by atoms with Crippen LogP contribution in [0.15, 0.2) is 47.6 Å². The second-order valence-electron chi connectivity index (χ2n) is 6.63. The summed E-state index contributed by atoms with van der Waals surface area (Å²) in [6, 6.07) is 13.1. The Morgan fingerprint density at radius 3 is 2.66 bits per heavy atom. The molecule has 0 aliphatic rings. The number of imidazole rings is 1. The summed E-state index contributed by atoms with van der Waals surface area (Å²) >= 11 is 1.40. The van der Waals surface area contributed by atoms with Crippen LogP contribution in [0.4, 0.5) is 5.69 Å². The minimum Gasteiger partial charge on any atom is -0.462 e. The predicted molar refractivity (Wildman–Crippen MR) is 116 cm³/mol. The number of fused-ring (bicyclic) bond motifs is 1. The topological polar surface area (TPSA) is 73.2 Å². The Morgan fingerprint density at radius 1 is 1.21 bits per heavy atom. The number of benzene rings is 2. The van der Waals surface area contributed by atoms with Crippen LogP contribution in [0.5, 0.6) is 0 Å². The van der Waals surface area contributed by atoms with E-state index in [9.17, 15) is 9.59 Å². The molecule has 6 nitrogen and oxygen atoms in total. The number of rotatable bonds is 7. The van der Waals surface area contributed by atoms with Crippen LogP contribution in [0.1, 0.15) is 36.7 Å². The number of amides is 1. The summed E-state index contributed by atoms with van der Waals surface area (Å²) in [6.45, 7) is 8.67. The van der Waals surface area contributed by atoms with Crippen LogP contribution in [0.3, 0.4) is 0 Å². The van der Waals surface area contributed by atoms with E-state index in [1.54, 1.807) is 19.1 Å². The summed E-state index contributed by atoms with van der Waals surface area (Å²) < 4.78 is 7.12. The summed E-state index contributed by atoms with van der Waals surface area (Å²) in [4.78, 5) is 29.3. The Morgan fingerprint density at radius 2 is 1.97 bits per heavy atom. The second kappa shape index (κ2) is 9.13. The van der Waals surface area contributed by atoms with Gasteiger partial charge in [0.25, 0.3) is 0 Å². The molecule has 1 atom stereocenters. The van der Waals surface area contributed by atoms with Crippen LogP contribution < -0.4 is 5.32 Å². The van der Waals surface area contributed by atoms with Gasteiger partial charge < -0.3 is 14.6 Å². The molecule has 1 N–H and O–H groups in total. The van der Waals surface area contributed by atoms with Crippen molar-refractivity contribution in [2.75, 3.05) is 11.9 Å². The Kier molecular flexibility index (Phi) is 6.59. The van der Waals surface area contributed by atoms with E-state index in [-0.39, 0.29) is 17.1 Å². The second-order valence-corrected chi connectivity index (χ2v) is 7.93. The lowest BCUT2D eigenvalue weighted by molar-refractivity contribution is -0.115. The molecule has 0 fully saturated rings. The van der Waals surface area contributed by atoms with Gasteiger partial charge in [-0.05, 0) is 57.5 Å². The van der Waals surface area contributed by atoms with E-state index in [2.05, 4.69) is 10.3 Å². The number of hydrogen-bond donors (Lipinski definition) is 1. The van der Waals surface area contributed by atoms with Gasteiger partial charge in [-0.15, -0.1) is 0 Å². The van der Waals surface area contributed by atoms with Gasteiger partial charge in [-0.1, -0.05) is 30.0 Å². The molecule has 3 rings (SSSR count). The number of hydrogen-bond acceptors (Lipinski definition) is 5. The monoisotopic (exact) mass is 411 g/mol. The van der Waals surface area contributed by atoms with Crippen molar-refractivity contribution < 1.29 is 14.3 Å². The third-order valence-corrected chi connectivity index (χ3v) is 5.69. The van der Waals surface area contributed by atoms with Crippen molar-refractivity contribution in [2.24, 2.45) is 0 Å². The van der Waals surface area contributed by atoms with E-state index in [1.165, 1.54) is 11.8 Å². The van der Waals surface area contributed by atoms with Crippen LogP contribution in [0, 0.1) is 6.92 Å². The quantitative estimate of drug-likeness (QED) is 0.452. The number of thioether (sulfide) groups is 1. The molecule has 7 heteroatoms. The summed E-state index contributed by atoms with van der Waals surface area (Å²) in [6.07, 6.45) is 0. The molecule has 1 unspecified atom stereocenters. The third kappa shape index (κ3) is 4.62. The zero-order valence-electron chi connectivity index (χ0n) is 17.1. The molecule has 29 heavy (non-hydrogen) atoms. The van der Waals surface area contributed by atoms with Crippen LogP contribution >= 0.6 is 11.8 Å². The number of carbonyl (C=O) groups is 2. The molecule has 0 saturated heterocycles. The van der Waals surface area contributed by atoms with E-state index >= 15 is 0 Å².